The third kappa shape index (κ3) is 4.45. The van der Waals surface area contributed by atoms with Gasteiger partial charge in [-0.05, 0) is 31.0 Å². The number of hydrogen-bond donors (Lipinski definition) is 1. The minimum absolute atomic E-state index is 0.633. The molecule has 2 heteroatoms. The molecule has 0 atom stereocenters. The van der Waals surface area contributed by atoms with Gasteiger partial charge < -0.3 is 5.73 Å². The Kier molecular flexibility index (Phi) is 5.37. The molecule has 0 saturated carbocycles. The zero-order chi connectivity index (χ0) is 11.1. The minimum atomic E-state index is 0.633. The van der Waals surface area contributed by atoms with Crippen LogP contribution in [0.15, 0.2) is 24.3 Å². The SMILES string of the molecule is CCCc1ccc(CCN(C)CN)cc1. The van der Waals surface area contributed by atoms with E-state index in [1.165, 1.54) is 24.0 Å². The van der Waals surface area contributed by atoms with E-state index < -0.39 is 0 Å². The Labute approximate surface area is 93.1 Å². The molecular weight excluding hydrogens is 184 g/mol. The first-order valence-electron chi connectivity index (χ1n) is 5.72. The van der Waals surface area contributed by atoms with Crippen molar-refractivity contribution in [1.82, 2.24) is 4.90 Å². The van der Waals surface area contributed by atoms with Crippen molar-refractivity contribution < 1.29 is 0 Å². The molecule has 0 unspecified atom stereocenters. The predicted molar refractivity (Wildman–Crippen MR) is 65.8 cm³/mol. The van der Waals surface area contributed by atoms with E-state index in [9.17, 15) is 0 Å². The van der Waals surface area contributed by atoms with Gasteiger partial charge in [-0.25, -0.2) is 0 Å². The van der Waals surface area contributed by atoms with Crippen LogP contribution in [-0.4, -0.2) is 25.2 Å². The largest absolute Gasteiger partial charge is 0.318 e. The summed E-state index contributed by atoms with van der Waals surface area (Å²) in [4.78, 5) is 2.12. The number of likely N-dealkylation sites (N-methyl/N-ethyl adjacent to an activating group) is 1. The summed E-state index contributed by atoms with van der Waals surface area (Å²) in [5.41, 5.74) is 8.36. The maximum Gasteiger partial charge on any atom is 0.0452 e. The van der Waals surface area contributed by atoms with Crippen LogP contribution < -0.4 is 5.73 Å². The molecule has 2 N–H and O–H groups in total. The van der Waals surface area contributed by atoms with Gasteiger partial charge in [-0.1, -0.05) is 37.6 Å². The topological polar surface area (TPSA) is 29.3 Å². The Hall–Kier alpha value is -0.860. The van der Waals surface area contributed by atoms with Crippen molar-refractivity contribution in [2.75, 3.05) is 20.3 Å². The van der Waals surface area contributed by atoms with E-state index in [-0.39, 0.29) is 0 Å². The van der Waals surface area contributed by atoms with Crippen LogP contribution in [0.1, 0.15) is 24.5 Å². The van der Waals surface area contributed by atoms with Crippen molar-refractivity contribution in [3.05, 3.63) is 35.4 Å². The van der Waals surface area contributed by atoms with Crippen LogP contribution in [0.3, 0.4) is 0 Å². The molecular formula is C13H22N2. The fourth-order valence-corrected chi connectivity index (χ4v) is 1.57. The third-order valence-electron chi connectivity index (χ3n) is 2.66. The number of hydrogen-bond acceptors (Lipinski definition) is 2. The molecule has 0 heterocycles. The van der Waals surface area contributed by atoms with Crippen LogP contribution in [0.5, 0.6) is 0 Å². The molecule has 1 rings (SSSR count). The molecule has 1 aromatic rings. The van der Waals surface area contributed by atoms with Crippen LogP contribution in [0.25, 0.3) is 0 Å². The monoisotopic (exact) mass is 206 g/mol. The molecule has 0 fully saturated rings. The molecule has 0 aliphatic heterocycles. The zero-order valence-corrected chi connectivity index (χ0v) is 9.87. The molecule has 0 saturated heterocycles. The second-order valence-electron chi connectivity index (χ2n) is 4.08. The molecule has 0 aliphatic rings. The number of rotatable bonds is 6. The van der Waals surface area contributed by atoms with Crippen LogP contribution in [0, 0.1) is 0 Å². The summed E-state index contributed by atoms with van der Waals surface area (Å²) in [6.45, 7) is 3.88. The van der Waals surface area contributed by atoms with E-state index >= 15 is 0 Å². The smallest absolute Gasteiger partial charge is 0.0452 e. The molecule has 0 amide bonds. The summed E-state index contributed by atoms with van der Waals surface area (Å²) >= 11 is 0. The summed E-state index contributed by atoms with van der Waals surface area (Å²) in [5.74, 6) is 0. The highest BCUT2D eigenvalue weighted by Gasteiger charge is 1.97. The fourth-order valence-electron chi connectivity index (χ4n) is 1.57. The Morgan fingerprint density at radius 3 is 2.07 bits per heavy atom. The van der Waals surface area contributed by atoms with Crippen LogP contribution in [-0.2, 0) is 12.8 Å². The molecule has 2 nitrogen and oxygen atoms in total. The second kappa shape index (κ2) is 6.59. The highest BCUT2D eigenvalue weighted by atomic mass is 15.1. The maximum atomic E-state index is 5.53. The Bertz CT molecular complexity index is 266. The van der Waals surface area contributed by atoms with Crippen LogP contribution in [0.2, 0.25) is 0 Å². The van der Waals surface area contributed by atoms with Crippen molar-refractivity contribution in [3.8, 4) is 0 Å². The van der Waals surface area contributed by atoms with Gasteiger partial charge in [-0.3, -0.25) is 4.90 Å². The summed E-state index contributed by atoms with van der Waals surface area (Å²) in [6.07, 6.45) is 3.48. The van der Waals surface area contributed by atoms with Gasteiger partial charge in [0.25, 0.3) is 0 Å². The first kappa shape index (κ1) is 12.2. The standard InChI is InChI=1S/C13H22N2/c1-3-4-12-5-7-13(8-6-12)9-10-15(2)11-14/h5-8H,3-4,9-11,14H2,1-2H3. The Balaban J connectivity index is 2.42. The molecule has 0 aromatic heterocycles. The number of nitrogens with two attached hydrogens (primary N) is 1. The van der Waals surface area contributed by atoms with Crippen molar-refractivity contribution in [3.63, 3.8) is 0 Å². The zero-order valence-electron chi connectivity index (χ0n) is 9.87. The maximum absolute atomic E-state index is 5.53. The molecule has 15 heavy (non-hydrogen) atoms. The highest BCUT2D eigenvalue weighted by Crippen LogP contribution is 2.07. The van der Waals surface area contributed by atoms with E-state index in [1.807, 2.05) is 7.05 Å². The lowest BCUT2D eigenvalue weighted by Gasteiger charge is -2.13. The summed E-state index contributed by atoms with van der Waals surface area (Å²) < 4.78 is 0. The second-order valence-corrected chi connectivity index (χ2v) is 4.08. The average molecular weight is 206 g/mol. The van der Waals surface area contributed by atoms with Crippen LogP contribution >= 0.6 is 0 Å². The highest BCUT2D eigenvalue weighted by molar-refractivity contribution is 5.22. The number of benzene rings is 1. The number of nitrogens with zero attached hydrogens (tertiary/aromatic N) is 1. The van der Waals surface area contributed by atoms with Gasteiger partial charge in [0.15, 0.2) is 0 Å². The molecule has 0 spiro atoms. The van der Waals surface area contributed by atoms with Gasteiger partial charge in [0.1, 0.15) is 0 Å². The molecule has 0 aliphatic carbocycles. The predicted octanol–water partition coefficient (Wildman–Crippen LogP) is 2.03. The van der Waals surface area contributed by atoms with E-state index in [2.05, 4.69) is 36.1 Å². The van der Waals surface area contributed by atoms with Gasteiger partial charge in [-0.2, -0.15) is 0 Å². The van der Waals surface area contributed by atoms with Gasteiger partial charge in [-0.15, -0.1) is 0 Å². The van der Waals surface area contributed by atoms with E-state index in [0.717, 1.165) is 13.0 Å². The number of aryl methyl sites for hydroxylation is 1. The van der Waals surface area contributed by atoms with Crippen LogP contribution in [0.4, 0.5) is 0 Å². The first-order valence-corrected chi connectivity index (χ1v) is 5.72. The quantitative estimate of drug-likeness (QED) is 0.722. The van der Waals surface area contributed by atoms with Crippen molar-refractivity contribution in [2.45, 2.75) is 26.2 Å². The Morgan fingerprint density at radius 1 is 1.07 bits per heavy atom. The van der Waals surface area contributed by atoms with E-state index in [1.54, 1.807) is 0 Å². The van der Waals surface area contributed by atoms with E-state index in [4.69, 9.17) is 5.73 Å². The van der Waals surface area contributed by atoms with Crippen molar-refractivity contribution in [1.29, 1.82) is 0 Å². The Morgan fingerprint density at radius 2 is 1.60 bits per heavy atom. The van der Waals surface area contributed by atoms with Crippen molar-refractivity contribution in [2.24, 2.45) is 5.73 Å². The van der Waals surface area contributed by atoms with Gasteiger partial charge in [0, 0.05) is 13.2 Å². The third-order valence-corrected chi connectivity index (χ3v) is 2.66. The van der Waals surface area contributed by atoms with E-state index in [0.29, 0.717) is 6.67 Å². The fraction of sp³-hybridized carbons (Fsp3) is 0.538. The van der Waals surface area contributed by atoms with Gasteiger partial charge >= 0.3 is 0 Å². The first-order chi connectivity index (χ1) is 7.26. The van der Waals surface area contributed by atoms with Gasteiger partial charge in [0.2, 0.25) is 0 Å². The average Bonchev–Trinajstić information content (AvgIpc) is 2.28. The lowest BCUT2D eigenvalue weighted by atomic mass is 10.1. The van der Waals surface area contributed by atoms with Crippen molar-refractivity contribution >= 4 is 0 Å². The molecule has 0 bridgehead atoms. The summed E-state index contributed by atoms with van der Waals surface area (Å²) in [6, 6.07) is 8.94. The summed E-state index contributed by atoms with van der Waals surface area (Å²) in [7, 11) is 2.05. The normalized spacial score (nSPS) is 10.9. The lowest BCUT2D eigenvalue weighted by Crippen LogP contribution is -2.27. The minimum Gasteiger partial charge on any atom is -0.318 e. The molecule has 1 aromatic carbocycles. The summed E-state index contributed by atoms with van der Waals surface area (Å²) in [5, 5.41) is 0. The van der Waals surface area contributed by atoms with Gasteiger partial charge in [0.05, 0.1) is 0 Å². The molecule has 0 radical (unpaired) electrons. The molecule has 84 valence electrons. The lowest BCUT2D eigenvalue weighted by molar-refractivity contribution is 0.349.